The summed E-state index contributed by atoms with van der Waals surface area (Å²) >= 11 is 1.58. The van der Waals surface area contributed by atoms with E-state index in [1.54, 1.807) is 23.5 Å². The molecule has 0 bridgehead atoms. The quantitative estimate of drug-likeness (QED) is 0.900. The van der Waals surface area contributed by atoms with E-state index < -0.39 is 0 Å². The number of nitrogens with zero attached hydrogens (tertiary/aromatic N) is 2. The van der Waals surface area contributed by atoms with Crippen molar-refractivity contribution in [3.05, 3.63) is 52.7 Å². The molecule has 1 aliphatic rings. The van der Waals surface area contributed by atoms with Crippen LogP contribution in [0.25, 0.3) is 0 Å². The molecular formula is C16H16N4O2S. The molecule has 2 N–H and O–H groups in total. The molecule has 6 nitrogen and oxygen atoms in total. The fourth-order valence-corrected chi connectivity index (χ4v) is 2.94. The Labute approximate surface area is 137 Å². The summed E-state index contributed by atoms with van der Waals surface area (Å²) in [4.78, 5) is 29.4. The highest BCUT2D eigenvalue weighted by atomic mass is 32.1. The summed E-state index contributed by atoms with van der Waals surface area (Å²) in [6, 6.07) is 12.9. The van der Waals surface area contributed by atoms with Crippen molar-refractivity contribution in [2.24, 2.45) is 4.99 Å². The van der Waals surface area contributed by atoms with Gasteiger partial charge in [0.1, 0.15) is 6.54 Å². The summed E-state index contributed by atoms with van der Waals surface area (Å²) in [7, 11) is 0. The number of anilines is 1. The van der Waals surface area contributed by atoms with Crippen molar-refractivity contribution in [3.63, 3.8) is 0 Å². The zero-order valence-corrected chi connectivity index (χ0v) is 13.3. The summed E-state index contributed by atoms with van der Waals surface area (Å²) in [5.41, 5.74) is 3.47. The van der Waals surface area contributed by atoms with Crippen LogP contribution in [0, 0.1) is 0 Å². The minimum absolute atomic E-state index is 0.0575. The van der Waals surface area contributed by atoms with E-state index in [1.807, 2.05) is 42.6 Å². The van der Waals surface area contributed by atoms with E-state index in [4.69, 9.17) is 0 Å². The molecule has 1 atom stereocenters. The van der Waals surface area contributed by atoms with Crippen LogP contribution in [0.1, 0.15) is 17.8 Å². The lowest BCUT2D eigenvalue weighted by Gasteiger charge is -2.28. The first-order valence-corrected chi connectivity index (χ1v) is 8.06. The molecule has 0 unspecified atom stereocenters. The lowest BCUT2D eigenvalue weighted by Crippen LogP contribution is -2.55. The van der Waals surface area contributed by atoms with E-state index in [0.717, 1.165) is 4.88 Å². The van der Waals surface area contributed by atoms with Crippen LogP contribution in [0.15, 0.2) is 52.8 Å². The van der Waals surface area contributed by atoms with Crippen molar-refractivity contribution < 1.29 is 9.59 Å². The number of rotatable bonds is 4. The summed E-state index contributed by atoms with van der Waals surface area (Å²) in [5, 5.41) is 6.19. The van der Waals surface area contributed by atoms with Crippen LogP contribution < -0.4 is 15.8 Å². The largest absolute Gasteiger partial charge is 0.342 e. The summed E-state index contributed by atoms with van der Waals surface area (Å²) in [6.45, 7) is 1.85. The van der Waals surface area contributed by atoms with Crippen LogP contribution in [0.5, 0.6) is 0 Å². The van der Waals surface area contributed by atoms with Gasteiger partial charge in [-0.3, -0.25) is 20.0 Å². The van der Waals surface area contributed by atoms with E-state index in [2.05, 4.69) is 15.7 Å². The molecule has 0 saturated heterocycles. The first-order chi connectivity index (χ1) is 11.1. The number of hydrogen-bond acceptors (Lipinski definition) is 5. The molecule has 1 aliphatic heterocycles. The summed E-state index contributed by atoms with van der Waals surface area (Å²) < 4.78 is 0. The monoisotopic (exact) mass is 328 g/mol. The van der Waals surface area contributed by atoms with Gasteiger partial charge in [0, 0.05) is 4.88 Å². The number of aliphatic imine (C=N–C) groups is 1. The van der Waals surface area contributed by atoms with Gasteiger partial charge in [0.05, 0.1) is 11.7 Å². The molecule has 0 radical (unpaired) electrons. The second kappa shape index (κ2) is 6.62. The molecule has 0 fully saturated rings. The number of carbonyl (C=O) groups is 2. The number of hydrazine groups is 1. The Balaban J connectivity index is 1.70. The third-order valence-corrected chi connectivity index (χ3v) is 4.44. The average molecular weight is 328 g/mol. The van der Waals surface area contributed by atoms with Gasteiger partial charge < -0.3 is 5.32 Å². The SMILES string of the molecule is C[C@H](NC(=O)C1=NCC(=O)N(c2ccccc2)N1)c1cccs1. The number of amidine groups is 1. The van der Waals surface area contributed by atoms with Crippen molar-refractivity contribution in [2.75, 3.05) is 11.6 Å². The van der Waals surface area contributed by atoms with Gasteiger partial charge in [0.2, 0.25) is 5.84 Å². The van der Waals surface area contributed by atoms with Crippen LogP contribution in [-0.2, 0) is 9.59 Å². The van der Waals surface area contributed by atoms with E-state index in [9.17, 15) is 9.59 Å². The Kier molecular flexibility index (Phi) is 4.38. The second-order valence-corrected chi connectivity index (χ2v) is 6.03. The Morgan fingerprint density at radius 1 is 1.30 bits per heavy atom. The van der Waals surface area contributed by atoms with Crippen LogP contribution in [0.4, 0.5) is 5.69 Å². The van der Waals surface area contributed by atoms with Crippen LogP contribution in [-0.4, -0.2) is 24.2 Å². The van der Waals surface area contributed by atoms with Crippen molar-refractivity contribution in [3.8, 4) is 0 Å². The first kappa shape index (κ1) is 15.2. The minimum atomic E-state index is -0.334. The molecule has 2 heterocycles. The molecule has 118 valence electrons. The maximum Gasteiger partial charge on any atom is 0.288 e. The molecule has 23 heavy (non-hydrogen) atoms. The highest BCUT2D eigenvalue weighted by molar-refractivity contribution is 7.10. The molecule has 0 aliphatic carbocycles. The van der Waals surface area contributed by atoms with Crippen molar-refractivity contribution in [1.82, 2.24) is 10.7 Å². The smallest absolute Gasteiger partial charge is 0.288 e. The normalized spacial score (nSPS) is 15.6. The van der Waals surface area contributed by atoms with Gasteiger partial charge in [-0.2, -0.15) is 0 Å². The number of thiophene rings is 1. The average Bonchev–Trinajstić information content (AvgIpc) is 3.10. The topological polar surface area (TPSA) is 73.8 Å². The predicted molar refractivity (Wildman–Crippen MR) is 90.2 cm³/mol. The predicted octanol–water partition coefficient (Wildman–Crippen LogP) is 1.88. The molecule has 2 aromatic rings. The number of amides is 2. The lowest BCUT2D eigenvalue weighted by atomic mass is 10.2. The van der Waals surface area contributed by atoms with E-state index in [-0.39, 0.29) is 30.2 Å². The molecule has 3 rings (SSSR count). The van der Waals surface area contributed by atoms with Gasteiger partial charge in [-0.15, -0.1) is 11.3 Å². The van der Waals surface area contributed by atoms with E-state index >= 15 is 0 Å². The highest BCUT2D eigenvalue weighted by Crippen LogP contribution is 2.18. The zero-order valence-electron chi connectivity index (χ0n) is 12.5. The fraction of sp³-hybridized carbons (Fsp3) is 0.188. The number of para-hydroxylation sites is 1. The van der Waals surface area contributed by atoms with Gasteiger partial charge in [-0.25, -0.2) is 5.01 Å². The number of benzene rings is 1. The van der Waals surface area contributed by atoms with Crippen molar-refractivity contribution in [1.29, 1.82) is 0 Å². The minimum Gasteiger partial charge on any atom is -0.342 e. The van der Waals surface area contributed by atoms with Gasteiger partial charge >= 0.3 is 0 Å². The maximum atomic E-state index is 12.3. The Bertz CT molecular complexity index is 728. The van der Waals surface area contributed by atoms with Crippen LogP contribution in [0.2, 0.25) is 0 Å². The van der Waals surface area contributed by atoms with Crippen LogP contribution in [0.3, 0.4) is 0 Å². The highest BCUT2D eigenvalue weighted by Gasteiger charge is 2.26. The Morgan fingerprint density at radius 2 is 2.09 bits per heavy atom. The van der Waals surface area contributed by atoms with Gasteiger partial charge in [-0.1, -0.05) is 24.3 Å². The molecular weight excluding hydrogens is 312 g/mol. The summed E-state index contributed by atoms with van der Waals surface area (Å²) in [6.07, 6.45) is 0. The van der Waals surface area contributed by atoms with Crippen LogP contribution >= 0.6 is 11.3 Å². The van der Waals surface area contributed by atoms with Crippen molar-refractivity contribution >= 4 is 34.7 Å². The standard InChI is InChI=1S/C16H16N4O2S/c1-11(13-8-5-9-23-13)18-16(22)15-17-10-14(21)20(19-15)12-6-3-2-4-7-12/h2-9,11H,10H2,1H3,(H,17,19)(H,18,22)/t11-/m0/s1. The van der Waals surface area contributed by atoms with Crippen molar-refractivity contribution in [2.45, 2.75) is 13.0 Å². The van der Waals surface area contributed by atoms with E-state index in [1.165, 1.54) is 5.01 Å². The Morgan fingerprint density at radius 3 is 2.78 bits per heavy atom. The van der Waals surface area contributed by atoms with E-state index in [0.29, 0.717) is 5.69 Å². The molecule has 2 amide bonds. The third-order valence-electron chi connectivity index (χ3n) is 3.39. The first-order valence-electron chi connectivity index (χ1n) is 7.18. The molecule has 7 heteroatoms. The zero-order chi connectivity index (χ0) is 16.2. The summed E-state index contributed by atoms with van der Waals surface area (Å²) in [5.74, 6) is -0.407. The number of hydrogen-bond donors (Lipinski definition) is 2. The third kappa shape index (κ3) is 3.40. The Hall–Kier alpha value is -2.67. The number of carbonyl (C=O) groups excluding carboxylic acids is 2. The molecule has 0 spiro atoms. The lowest BCUT2D eigenvalue weighted by molar-refractivity contribution is -0.118. The molecule has 1 aromatic heterocycles. The molecule has 1 aromatic carbocycles. The molecule has 0 saturated carbocycles. The van der Waals surface area contributed by atoms with Gasteiger partial charge in [0.25, 0.3) is 11.8 Å². The number of nitrogens with one attached hydrogen (secondary N) is 2. The second-order valence-electron chi connectivity index (χ2n) is 5.05. The van der Waals surface area contributed by atoms with Gasteiger partial charge in [-0.05, 0) is 30.5 Å². The maximum absolute atomic E-state index is 12.3. The van der Waals surface area contributed by atoms with Gasteiger partial charge in [0.15, 0.2) is 0 Å². The fourth-order valence-electron chi connectivity index (χ4n) is 2.20.